The highest BCUT2D eigenvalue weighted by atomic mass is 32.2. The van der Waals surface area contributed by atoms with Crippen molar-refractivity contribution in [2.24, 2.45) is 5.92 Å². The van der Waals surface area contributed by atoms with E-state index in [1.165, 1.54) is 4.90 Å². The minimum atomic E-state index is -0.280. The lowest BCUT2D eigenvalue weighted by atomic mass is 10.1. The summed E-state index contributed by atoms with van der Waals surface area (Å²) in [5, 5.41) is 2.77. The topological polar surface area (TPSA) is 49.4 Å². The lowest BCUT2D eigenvalue weighted by Crippen LogP contribution is -2.43. The molecule has 0 radical (unpaired) electrons. The molecule has 2 atom stereocenters. The third-order valence-corrected chi connectivity index (χ3v) is 5.36. The summed E-state index contributed by atoms with van der Waals surface area (Å²) in [6, 6.07) is 10.1. The lowest BCUT2D eigenvalue weighted by molar-refractivity contribution is -0.133. The van der Waals surface area contributed by atoms with Gasteiger partial charge in [0, 0.05) is 30.2 Å². The van der Waals surface area contributed by atoms with E-state index in [2.05, 4.69) is 29.6 Å². The van der Waals surface area contributed by atoms with Gasteiger partial charge in [-0.3, -0.25) is 9.59 Å². The number of nitrogens with one attached hydrogen (secondary N) is 1. The zero-order valence-corrected chi connectivity index (χ0v) is 12.8. The molecular weight excluding hydrogens is 284 g/mol. The van der Waals surface area contributed by atoms with Crippen LogP contribution in [0.2, 0.25) is 0 Å². The Labute approximate surface area is 129 Å². The molecule has 0 unspecified atom stereocenters. The average molecular weight is 304 g/mol. The van der Waals surface area contributed by atoms with Crippen LogP contribution in [0.5, 0.6) is 0 Å². The molecule has 0 bridgehead atoms. The monoisotopic (exact) mass is 304 g/mol. The first-order chi connectivity index (χ1) is 10.2. The van der Waals surface area contributed by atoms with Crippen LogP contribution in [0.4, 0.5) is 0 Å². The quantitative estimate of drug-likeness (QED) is 0.865. The molecule has 112 valence electrons. The first kappa shape index (κ1) is 14.4. The molecule has 2 aliphatic heterocycles. The van der Waals surface area contributed by atoms with Gasteiger partial charge in [0.25, 0.3) is 0 Å². The first-order valence-corrected chi connectivity index (χ1v) is 8.47. The summed E-state index contributed by atoms with van der Waals surface area (Å²) >= 11 is 1.86. The molecule has 0 aliphatic carbocycles. The van der Waals surface area contributed by atoms with Gasteiger partial charge >= 0.3 is 0 Å². The maximum absolute atomic E-state index is 12.3. The number of carbonyl (C=O) groups excluding carboxylic acids is 2. The van der Waals surface area contributed by atoms with Crippen molar-refractivity contribution in [3.05, 3.63) is 30.3 Å². The fourth-order valence-corrected chi connectivity index (χ4v) is 3.97. The van der Waals surface area contributed by atoms with Crippen molar-refractivity contribution in [1.82, 2.24) is 10.2 Å². The number of thioether (sulfide) groups is 1. The van der Waals surface area contributed by atoms with E-state index in [0.717, 1.165) is 25.3 Å². The number of hydrogen-bond donors (Lipinski definition) is 1. The number of likely N-dealkylation sites (tertiary alicyclic amines) is 1. The SMILES string of the molecule is O=C1CC[C@H](C(=O)N2CC[C@H](CSc3ccccc3)C2)N1. The van der Waals surface area contributed by atoms with Crippen LogP contribution in [-0.4, -0.2) is 41.6 Å². The Balaban J connectivity index is 1.47. The van der Waals surface area contributed by atoms with Crippen molar-refractivity contribution in [2.75, 3.05) is 18.8 Å². The zero-order chi connectivity index (χ0) is 14.7. The molecule has 5 heteroatoms. The summed E-state index contributed by atoms with van der Waals surface area (Å²) < 4.78 is 0. The Morgan fingerprint density at radius 2 is 2.10 bits per heavy atom. The molecule has 2 aliphatic rings. The van der Waals surface area contributed by atoms with Gasteiger partial charge < -0.3 is 10.2 Å². The average Bonchev–Trinajstić information content (AvgIpc) is 3.14. The van der Waals surface area contributed by atoms with Gasteiger partial charge in [0.05, 0.1) is 0 Å². The number of benzene rings is 1. The highest BCUT2D eigenvalue weighted by Crippen LogP contribution is 2.26. The molecule has 1 aromatic rings. The van der Waals surface area contributed by atoms with Crippen LogP contribution < -0.4 is 5.32 Å². The molecule has 4 nitrogen and oxygen atoms in total. The second-order valence-electron chi connectivity index (χ2n) is 5.72. The van der Waals surface area contributed by atoms with E-state index in [0.29, 0.717) is 18.8 Å². The van der Waals surface area contributed by atoms with Gasteiger partial charge in [0.1, 0.15) is 6.04 Å². The molecule has 1 N–H and O–H groups in total. The maximum atomic E-state index is 12.3. The predicted molar refractivity (Wildman–Crippen MR) is 83.0 cm³/mol. The summed E-state index contributed by atoms with van der Waals surface area (Å²) in [4.78, 5) is 26.7. The Morgan fingerprint density at radius 1 is 1.29 bits per heavy atom. The molecule has 2 amide bonds. The number of amides is 2. The third kappa shape index (κ3) is 3.59. The summed E-state index contributed by atoms with van der Waals surface area (Å²) in [6.45, 7) is 1.65. The second kappa shape index (κ2) is 6.52. The molecule has 0 spiro atoms. The first-order valence-electron chi connectivity index (χ1n) is 7.48. The third-order valence-electron chi connectivity index (χ3n) is 4.12. The highest BCUT2D eigenvalue weighted by molar-refractivity contribution is 7.99. The molecular formula is C16H20N2O2S. The van der Waals surface area contributed by atoms with Crippen LogP contribution in [0.15, 0.2) is 35.2 Å². The molecule has 21 heavy (non-hydrogen) atoms. The van der Waals surface area contributed by atoms with Gasteiger partial charge in [-0.2, -0.15) is 0 Å². The molecule has 2 fully saturated rings. The maximum Gasteiger partial charge on any atom is 0.245 e. The van der Waals surface area contributed by atoms with Gasteiger partial charge in [0.15, 0.2) is 0 Å². The van der Waals surface area contributed by atoms with E-state index >= 15 is 0 Å². The summed E-state index contributed by atoms with van der Waals surface area (Å²) in [7, 11) is 0. The van der Waals surface area contributed by atoms with E-state index in [9.17, 15) is 9.59 Å². The summed E-state index contributed by atoms with van der Waals surface area (Å²) in [6.07, 6.45) is 2.20. The Kier molecular flexibility index (Phi) is 4.48. The van der Waals surface area contributed by atoms with Crippen LogP contribution >= 0.6 is 11.8 Å². The smallest absolute Gasteiger partial charge is 0.245 e. The molecule has 2 heterocycles. The Morgan fingerprint density at radius 3 is 2.81 bits per heavy atom. The molecule has 0 aromatic heterocycles. The zero-order valence-electron chi connectivity index (χ0n) is 12.0. The van der Waals surface area contributed by atoms with E-state index in [4.69, 9.17) is 0 Å². The van der Waals surface area contributed by atoms with E-state index in [-0.39, 0.29) is 17.9 Å². The fraction of sp³-hybridized carbons (Fsp3) is 0.500. The lowest BCUT2D eigenvalue weighted by Gasteiger charge is -2.20. The van der Waals surface area contributed by atoms with Crippen LogP contribution in [0.1, 0.15) is 19.3 Å². The van der Waals surface area contributed by atoms with Crippen molar-refractivity contribution in [3.63, 3.8) is 0 Å². The second-order valence-corrected chi connectivity index (χ2v) is 6.82. The minimum absolute atomic E-state index is 0.00345. The largest absolute Gasteiger partial charge is 0.344 e. The Hall–Kier alpha value is -1.49. The van der Waals surface area contributed by atoms with E-state index in [1.54, 1.807) is 0 Å². The van der Waals surface area contributed by atoms with Gasteiger partial charge in [-0.15, -0.1) is 11.8 Å². The number of carbonyl (C=O) groups is 2. The highest BCUT2D eigenvalue weighted by Gasteiger charge is 2.34. The summed E-state index contributed by atoms with van der Waals surface area (Å²) in [5.74, 6) is 1.71. The number of nitrogens with zero attached hydrogens (tertiary/aromatic N) is 1. The van der Waals surface area contributed by atoms with E-state index < -0.39 is 0 Å². The molecule has 0 saturated carbocycles. The number of rotatable bonds is 4. The summed E-state index contributed by atoms with van der Waals surface area (Å²) in [5.41, 5.74) is 0. The van der Waals surface area contributed by atoms with Crippen molar-refractivity contribution in [1.29, 1.82) is 0 Å². The molecule has 3 rings (SSSR count). The van der Waals surface area contributed by atoms with Crippen LogP contribution in [0.3, 0.4) is 0 Å². The van der Waals surface area contributed by atoms with Crippen LogP contribution in [0, 0.1) is 5.92 Å². The minimum Gasteiger partial charge on any atom is -0.344 e. The van der Waals surface area contributed by atoms with Crippen molar-refractivity contribution >= 4 is 23.6 Å². The number of hydrogen-bond acceptors (Lipinski definition) is 3. The molecule has 2 saturated heterocycles. The van der Waals surface area contributed by atoms with Gasteiger partial charge in [-0.25, -0.2) is 0 Å². The van der Waals surface area contributed by atoms with Crippen molar-refractivity contribution < 1.29 is 9.59 Å². The predicted octanol–water partition coefficient (Wildman–Crippen LogP) is 1.91. The van der Waals surface area contributed by atoms with Gasteiger partial charge in [0.2, 0.25) is 11.8 Å². The van der Waals surface area contributed by atoms with Gasteiger partial charge in [-0.05, 0) is 30.9 Å². The van der Waals surface area contributed by atoms with Crippen molar-refractivity contribution in [2.45, 2.75) is 30.2 Å². The standard InChI is InChI=1S/C16H20N2O2S/c19-15-7-6-14(17-15)16(20)18-9-8-12(10-18)11-21-13-4-2-1-3-5-13/h1-5,12,14H,6-11H2,(H,17,19)/t12-,14+/m0/s1. The molecule has 1 aromatic carbocycles. The van der Waals surface area contributed by atoms with E-state index in [1.807, 2.05) is 22.7 Å². The fourth-order valence-electron chi connectivity index (χ4n) is 2.92. The Bertz CT molecular complexity index is 520. The normalized spacial score (nSPS) is 25.1. The van der Waals surface area contributed by atoms with Crippen LogP contribution in [-0.2, 0) is 9.59 Å². The van der Waals surface area contributed by atoms with Crippen LogP contribution in [0.25, 0.3) is 0 Å². The van der Waals surface area contributed by atoms with Gasteiger partial charge in [-0.1, -0.05) is 18.2 Å². The van der Waals surface area contributed by atoms with Crippen molar-refractivity contribution in [3.8, 4) is 0 Å².